The van der Waals surface area contributed by atoms with E-state index in [0.29, 0.717) is 43.5 Å². The maximum atomic E-state index is 13.5. The predicted octanol–water partition coefficient (Wildman–Crippen LogP) is 5.60. The topological polar surface area (TPSA) is 77.5 Å². The second-order valence-electron chi connectivity index (χ2n) is 9.46. The van der Waals surface area contributed by atoms with Crippen LogP contribution in [0.3, 0.4) is 0 Å². The number of ether oxygens (including phenoxy) is 4. The largest absolute Gasteiger partial charge is 0.496 e. The fraction of sp³-hybridized carbons (Fsp3) is 0.517. The molecule has 1 aliphatic rings. The van der Waals surface area contributed by atoms with E-state index in [2.05, 4.69) is 6.92 Å². The maximum Gasteiger partial charge on any atom is 0.324 e. The van der Waals surface area contributed by atoms with Crippen LogP contribution >= 0.6 is 0 Å². The fourth-order valence-electron chi connectivity index (χ4n) is 4.35. The number of anilines is 1. The van der Waals surface area contributed by atoms with Crippen LogP contribution in [0.2, 0.25) is 0 Å². The molecule has 0 bridgehead atoms. The van der Waals surface area contributed by atoms with Gasteiger partial charge in [-0.2, -0.15) is 0 Å². The number of hydrogen-bond acceptors (Lipinski definition) is 6. The van der Waals surface area contributed by atoms with Crippen LogP contribution in [0.15, 0.2) is 36.4 Å². The van der Waals surface area contributed by atoms with E-state index in [1.165, 1.54) is 0 Å². The first-order valence-electron chi connectivity index (χ1n) is 13.1. The van der Waals surface area contributed by atoms with E-state index < -0.39 is 0 Å². The van der Waals surface area contributed by atoms with E-state index in [1.54, 1.807) is 19.1 Å². The normalized spacial score (nSPS) is 13.6. The van der Waals surface area contributed by atoms with Crippen molar-refractivity contribution in [2.24, 2.45) is 0 Å². The molecule has 0 atom stereocenters. The molecule has 0 radical (unpaired) electrons. The van der Waals surface area contributed by atoms with E-state index >= 15 is 0 Å². The Kier molecular flexibility index (Phi) is 10.5. The number of esters is 1. The quantitative estimate of drug-likeness (QED) is 0.257. The summed E-state index contributed by atoms with van der Waals surface area (Å²) in [6, 6.07) is 11.2. The van der Waals surface area contributed by atoms with Crippen molar-refractivity contribution in [1.82, 2.24) is 4.90 Å². The molecule has 0 saturated carbocycles. The molecule has 0 N–H and O–H groups in total. The summed E-state index contributed by atoms with van der Waals surface area (Å²) in [7, 11) is 3.21. The van der Waals surface area contributed by atoms with Crippen molar-refractivity contribution < 1.29 is 28.5 Å². The van der Waals surface area contributed by atoms with Crippen LogP contribution in [-0.4, -0.2) is 56.9 Å². The molecule has 1 aliphatic heterocycles. The number of nitrogens with zero attached hydrogens (tertiary/aromatic N) is 2. The van der Waals surface area contributed by atoms with Gasteiger partial charge in [-0.15, -0.1) is 0 Å². The first kappa shape index (κ1) is 28.2. The van der Waals surface area contributed by atoms with Gasteiger partial charge >= 0.3 is 12.0 Å². The summed E-state index contributed by atoms with van der Waals surface area (Å²) in [6.07, 6.45) is 4.05. The van der Waals surface area contributed by atoms with E-state index in [9.17, 15) is 9.59 Å². The molecule has 0 aliphatic carbocycles. The summed E-state index contributed by atoms with van der Waals surface area (Å²) in [5.74, 6) is 1.67. The lowest BCUT2D eigenvalue weighted by atomic mass is 10.1. The van der Waals surface area contributed by atoms with Crippen molar-refractivity contribution in [3.05, 3.63) is 47.5 Å². The van der Waals surface area contributed by atoms with Crippen LogP contribution in [0.1, 0.15) is 57.6 Å². The molecule has 2 amide bonds. The van der Waals surface area contributed by atoms with Crippen molar-refractivity contribution in [2.45, 2.75) is 65.5 Å². The Morgan fingerprint density at radius 2 is 1.76 bits per heavy atom. The highest BCUT2D eigenvalue weighted by Crippen LogP contribution is 2.34. The zero-order valence-electron chi connectivity index (χ0n) is 22.7. The Balaban J connectivity index is 1.72. The Morgan fingerprint density at radius 3 is 2.46 bits per heavy atom. The highest BCUT2D eigenvalue weighted by molar-refractivity contribution is 5.93. The predicted molar refractivity (Wildman–Crippen MR) is 144 cm³/mol. The zero-order chi connectivity index (χ0) is 26.8. The molecule has 0 spiro atoms. The fourth-order valence-corrected chi connectivity index (χ4v) is 4.35. The average Bonchev–Trinajstić information content (AvgIpc) is 2.88. The molecular formula is C29H40N2O6. The molecule has 8 heteroatoms. The van der Waals surface area contributed by atoms with Crippen LogP contribution < -0.4 is 19.1 Å². The minimum absolute atomic E-state index is 0.0695. The third-order valence-corrected chi connectivity index (χ3v) is 6.20. The Bertz CT molecular complexity index is 1050. The summed E-state index contributed by atoms with van der Waals surface area (Å²) in [4.78, 5) is 29.1. The smallest absolute Gasteiger partial charge is 0.324 e. The van der Waals surface area contributed by atoms with Crippen LogP contribution in [0, 0.1) is 0 Å². The summed E-state index contributed by atoms with van der Waals surface area (Å²) < 4.78 is 22.3. The Labute approximate surface area is 220 Å². The minimum Gasteiger partial charge on any atom is -0.496 e. The standard InChI is InChI=1S/C29H40N2O6/c1-6-7-8-16-36-27-19-24(12-13-25(27)34-4)31-15-9-14-30(29(31)33)20-23-11-10-22(17-26(23)35-5)18-28(32)37-21(2)3/h10-13,17,19,21H,6-9,14-16,18,20H2,1-5H3. The molecule has 1 fully saturated rings. The molecule has 202 valence electrons. The van der Waals surface area contributed by atoms with Gasteiger partial charge < -0.3 is 23.8 Å². The SMILES string of the molecule is CCCCCOc1cc(N2CCCN(Cc3ccc(CC(=O)OC(C)C)cc3OC)C2=O)ccc1OC. The van der Waals surface area contributed by atoms with Gasteiger partial charge in [0.2, 0.25) is 0 Å². The molecular weight excluding hydrogens is 472 g/mol. The van der Waals surface area contributed by atoms with Crippen LogP contribution in [0.5, 0.6) is 17.2 Å². The number of amides is 2. The van der Waals surface area contributed by atoms with Crippen molar-refractivity contribution >= 4 is 17.7 Å². The monoisotopic (exact) mass is 512 g/mol. The van der Waals surface area contributed by atoms with Gasteiger partial charge in [0.1, 0.15) is 5.75 Å². The van der Waals surface area contributed by atoms with Gasteiger partial charge in [-0.3, -0.25) is 9.69 Å². The third kappa shape index (κ3) is 7.78. The number of rotatable bonds is 13. The van der Waals surface area contributed by atoms with Gasteiger partial charge in [0, 0.05) is 30.4 Å². The molecule has 2 aromatic rings. The molecule has 37 heavy (non-hydrogen) atoms. The van der Waals surface area contributed by atoms with Gasteiger partial charge in [0.25, 0.3) is 0 Å². The molecule has 1 saturated heterocycles. The molecule has 3 rings (SSSR count). The maximum absolute atomic E-state index is 13.5. The Hall–Kier alpha value is -3.42. The van der Waals surface area contributed by atoms with Crippen LogP contribution in [-0.2, 0) is 22.5 Å². The number of carbonyl (C=O) groups excluding carboxylic acids is 2. The van der Waals surface area contributed by atoms with E-state index in [1.807, 2.05) is 55.1 Å². The second-order valence-corrected chi connectivity index (χ2v) is 9.46. The van der Waals surface area contributed by atoms with Crippen LogP contribution in [0.25, 0.3) is 0 Å². The van der Waals surface area contributed by atoms with E-state index in [4.69, 9.17) is 18.9 Å². The molecule has 8 nitrogen and oxygen atoms in total. The summed E-state index contributed by atoms with van der Waals surface area (Å²) >= 11 is 0. The first-order chi connectivity index (χ1) is 17.9. The van der Waals surface area contributed by atoms with Crippen LogP contribution in [0.4, 0.5) is 10.5 Å². The molecule has 2 aromatic carbocycles. The van der Waals surface area contributed by atoms with E-state index in [0.717, 1.165) is 42.5 Å². The highest BCUT2D eigenvalue weighted by atomic mass is 16.5. The van der Waals surface area contributed by atoms with Gasteiger partial charge in [0.05, 0.1) is 39.9 Å². The first-order valence-corrected chi connectivity index (χ1v) is 13.1. The minimum atomic E-state index is -0.278. The summed E-state index contributed by atoms with van der Waals surface area (Å²) in [5, 5.41) is 0. The molecule has 1 heterocycles. The van der Waals surface area contributed by atoms with Gasteiger partial charge in [-0.05, 0) is 50.5 Å². The van der Waals surface area contributed by atoms with Gasteiger partial charge in [0.15, 0.2) is 11.5 Å². The van der Waals surface area contributed by atoms with Crippen molar-refractivity contribution in [1.29, 1.82) is 0 Å². The number of carbonyl (C=O) groups is 2. The lowest BCUT2D eigenvalue weighted by molar-refractivity contribution is -0.146. The van der Waals surface area contributed by atoms with Crippen molar-refractivity contribution in [2.75, 3.05) is 38.8 Å². The van der Waals surface area contributed by atoms with Gasteiger partial charge in [-0.25, -0.2) is 4.79 Å². The lowest BCUT2D eigenvalue weighted by Gasteiger charge is -2.36. The number of urea groups is 1. The molecule has 0 unspecified atom stereocenters. The summed E-state index contributed by atoms with van der Waals surface area (Å²) in [6.45, 7) is 8.11. The average molecular weight is 513 g/mol. The number of unbranched alkanes of at least 4 members (excludes halogenated alkanes) is 2. The third-order valence-electron chi connectivity index (χ3n) is 6.20. The molecule has 0 aromatic heterocycles. The summed E-state index contributed by atoms with van der Waals surface area (Å²) in [5.41, 5.74) is 2.47. The van der Waals surface area contributed by atoms with Gasteiger partial charge in [-0.1, -0.05) is 31.9 Å². The second kappa shape index (κ2) is 13.8. The number of hydrogen-bond donors (Lipinski definition) is 0. The zero-order valence-corrected chi connectivity index (χ0v) is 22.7. The lowest BCUT2D eigenvalue weighted by Crippen LogP contribution is -2.49. The highest BCUT2D eigenvalue weighted by Gasteiger charge is 2.28. The van der Waals surface area contributed by atoms with Crippen molar-refractivity contribution in [3.8, 4) is 17.2 Å². The van der Waals surface area contributed by atoms with Crippen molar-refractivity contribution in [3.63, 3.8) is 0 Å². The number of benzene rings is 2. The Morgan fingerprint density at radius 1 is 0.973 bits per heavy atom. The number of methoxy groups -OCH3 is 2. The van der Waals surface area contributed by atoms with E-state index in [-0.39, 0.29) is 24.5 Å².